The number of para-hydroxylation sites is 1. The van der Waals surface area contributed by atoms with Crippen LogP contribution in [-0.2, 0) is 5.75 Å². The van der Waals surface area contributed by atoms with Crippen LogP contribution in [0.3, 0.4) is 0 Å². The summed E-state index contributed by atoms with van der Waals surface area (Å²) >= 11 is 1.53. The Bertz CT molecular complexity index is 1030. The minimum atomic E-state index is -0.299. The van der Waals surface area contributed by atoms with Crippen molar-refractivity contribution >= 4 is 11.8 Å². The SMILES string of the molecule is Cc1ccccc1-n1ccnc1SCc1noc(-c2ccc(F)cc2)n1. The van der Waals surface area contributed by atoms with Gasteiger partial charge in [0.15, 0.2) is 11.0 Å². The van der Waals surface area contributed by atoms with Crippen molar-refractivity contribution in [3.63, 3.8) is 0 Å². The number of aromatic nitrogens is 4. The van der Waals surface area contributed by atoms with Gasteiger partial charge < -0.3 is 4.52 Å². The number of imidazole rings is 1. The third kappa shape index (κ3) is 3.39. The lowest BCUT2D eigenvalue weighted by Crippen LogP contribution is -1.98. The minimum Gasteiger partial charge on any atom is -0.334 e. The predicted molar refractivity (Wildman–Crippen MR) is 97.6 cm³/mol. The molecule has 5 nitrogen and oxygen atoms in total. The number of aryl methyl sites for hydroxylation is 1. The summed E-state index contributed by atoms with van der Waals surface area (Å²) in [5, 5.41) is 4.85. The molecule has 26 heavy (non-hydrogen) atoms. The first-order valence-corrected chi connectivity index (χ1v) is 9.00. The molecule has 7 heteroatoms. The second-order valence-corrected chi connectivity index (χ2v) is 6.62. The van der Waals surface area contributed by atoms with Gasteiger partial charge in [-0.1, -0.05) is 35.1 Å². The number of nitrogens with zero attached hydrogens (tertiary/aromatic N) is 4. The number of hydrogen-bond donors (Lipinski definition) is 0. The van der Waals surface area contributed by atoms with Crippen molar-refractivity contribution in [2.45, 2.75) is 17.8 Å². The van der Waals surface area contributed by atoms with E-state index in [4.69, 9.17) is 4.52 Å². The summed E-state index contributed by atoms with van der Waals surface area (Å²) in [6.07, 6.45) is 3.71. The van der Waals surface area contributed by atoms with E-state index in [2.05, 4.69) is 34.2 Å². The summed E-state index contributed by atoms with van der Waals surface area (Å²) in [5.41, 5.74) is 2.95. The molecule has 0 aliphatic heterocycles. The highest BCUT2D eigenvalue weighted by atomic mass is 32.2. The van der Waals surface area contributed by atoms with E-state index in [1.807, 2.05) is 22.9 Å². The lowest BCUT2D eigenvalue weighted by atomic mass is 10.2. The maximum Gasteiger partial charge on any atom is 0.257 e. The van der Waals surface area contributed by atoms with Crippen molar-refractivity contribution in [1.29, 1.82) is 0 Å². The minimum absolute atomic E-state index is 0.299. The normalized spacial score (nSPS) is 11.0. The maximum absolute atomic E-state index is 13.0. The smallest absolute Gasteiger partial charge is 0.257 e. The molecule has 130 valence electrons. The highest BCUT2D eigenvalue weighted by Crippen LogP contribution is 2.26. The first-order valence-electron chi connectivity index (χ1n) is 8.01. The number of rotatable bonds is 5. The zero-order chi connectivity index (χ0) is 17.9. The monoisotopic (exact) mass is 366 g/mol. The Morgan fingerprint density at radius 2 is 1.92 bits per heavy atom. The van der Waals surface area contributed by atoms with Gasteiger partial charge in [0.25, 0.3) is 5.89 Å². The van der Waals surface area contributed by atoms with Gasteiger partial charge in [0, 0.05) is 18.0 Å². The van der Waals surface area contributed by atoms with Crippen LogP contribution < -0.4 is 0 Å². The first kappa shape index (κ1) is 16.5. The average molecular weight is 366 g/mol. The molecule has 0 aliphatic rings. The van der Waals surface area contributed by atoms with E-state index < -0.39 is 0 Å². The molecule has 0 unspecified atom stereocenters. The van der Waals surface area contributed by atoms with E-state index in [1.54, 1.807) is 18.3 Å². The Kier molecular flexibility index (Phi) is 4.53. The third-order valence-corrected chi connectivity index (χ3v) is 4.83. The molecule has 2 aromatic carbocycles. The molecule has 0 saturated carbocycles. The zero-order valence-electron chi connectivity index (χ0n) is 14.0. The molecule has 0 N–H and O–H groups in total. The summed E-state index contributed by atoms with van der Waals surface area (Å²) in [6, 6.07) is 14.1. The molecule has 0 saturated heterocycles. The van der Waals surface area contributed by atoms with E-state index in [0.717, 1.165) is 10.8 Å². The molecule has 0 amide bonds. The lowest BCUT2D eigenvalue weighted by Gasteiger charge is -2.09. The number of halogens is 1. The molecule has 0 fully saturated rings. The topological polar surface area (TPSA) is 56.7 Å². The van der Waals surface area contributed by atoms with Crippen LogP contribution in [0, 0.1) is 12.7 Å². The van der Waals surface area contributed by atoms with Crippen molar-refractivity contribution in [1.82, 2.24) is 19.7 Å². The van der Waals surface area contributed by atoms with Crippen molar-refractivity contribution < 1.29 is 8.91 Å². The molecule has 0 spiro atoms. The fourth-order valence-corrected chi connectivity index (χ4v) is 3.37. The van der Waals surface area contributed by atoms with E-state index in [0.29, 0.717) is 23.0 Å². The van der Waals surface area contributed by atoms with Gasteiger partial charge in [0.05, 0.1) is 11.4 Å². The second-order valence-electron chi connectivity index (χ2n) is 5.68. The largest absolute Gasteiger partial charge is 0.334 e. The van der Waals surface area contributed by atoms with Crippen LogP contribution in [0.5, 0.6) is 0 Å². The number of thioether (sulfide) groups is 1. The van der Waals surface area contributed by atoms with Crippen LogP contribution in [0.2, 0.25) is 0 Å². The Balaban J connectivity index is 1.50. The van der Waals surface area contributed by atoms with Gasteiger partial charge in [0.2, 0.25) is 0 Å². The van der Waals surface area contributed by atoms with Crippen molar-refractivity contribution in [3.8, 4) is 17.1 Å². The molecule has 0 bridgehead atoms. The standard InChI is InChI=1S/C19H15FN4OS/c1-13-4-2-3-5-16(13)24-11-10-21-19(24)26-12-17-22-18(25-23-17)14-6-8-15(20)9-7-14/h2-11H,12H2,1H3. The summed E-state index contributed by atoms with van der Waals surface area (Å²) in [6.45, 7) is 2.07. The highest BCUT2D eigenvalue weighted by Gasteiger charge is 2.12. The average Bonchev–Trinajstić information content (AvgIpc) is 3.30. The molecule has 0 atom stereocenters. The lowest BCUT2D eigenvalue weighted by molar-refractivity contribution is 0.425. The van der Waals surface area contributed by atoms with Gasteiger partial charge in [-0.05, 0) is 42.8 Å². The van der Waals surface area contributed by atoms with E-state index in [1.165, 1.54) is 29.5 Å². The first-order chi connectivity index (χ1) is 12.7. The van der Waals surface area contributed by atoms with Gasteiger partial charge in [-0.3, -0.25) is 4.57 Å². The maximum atomic E-state index is 13.0. The van der Waals surface area contributed by atoms with Crippen LogP contribution >= 0.6 is 11.8 Å². The molecular formula is C19H15FN4OS. The second kappa shape index (κ2) is 7.13. The summed E-state index contributed by atoms with van der Waals surface area (Å²) < 4.78 is 20.3. The number of benzene rings is 2. The molecule has 2 aromatic heterocycles. The molecule has 0 aliphatic carbocycles. The van der Waals surface area contributed by atoms with Crippen molar-refractivity contribution in [3.05, 3.63) is 78.1 Å². The van der Waals surface area contributed by atoms with Crippen LogP contribution in [0.25, 0.3) is 17.1 Å². The zero-order valence-corrected chi connectivity index (χ0v) is 14.8. The summed E-state index contributed by atoms with van der Waals surface area (Å²) in [4.78, 5) is 8.79. The van der Waals surface area contributed by atoms with Gasteiger partial charge in [-0.25, -0.2) is 9.37 Å². The quantitative estimate of drug-likeness (QED) is 0.481. The molecular weight excluding hydrogens is 351 g/mol. The molecule has 4 aromatic rings. The van der Waals surface area contributed by atoms with Crippen LogP contribution in [-0.4, -0.2) is 19.7 Å². The molecule has 0 radical (unpaired) electrons. The van der Waals surface area contributed by atoms with Crippen molar-refractivity contribution in [2.24, 2.45) is 0 Å². The summed E-state index contributed by atoms with van der Waals surface area (Å²) in [7, 11) is 0. The van der Waals surface area contributed by atoms with Gasteiger partial charge >= 0.3 is 0 Å². The van der Waals surface area contributed by atoms with Gasteiger partial charge in [0.1, 0.15) is 5.82 Å². The van der Waals surface area contributed by atoms with Gasteiger partial charge in [-0.2, -0.15) is 4.98 Å². The fourth-order valence-electron chi connectivity index (χ4n) is 2.57. The van der Waals surface area contributed by atoms with E-state index >= 15 is 0 Å². The van der Waals surface area contributed by atoms with Crippen molar-refractivity contribution in [2.75, 3.05) is 0 Å². The fraction of sp³-hybridized carbons (Fsp3) is 0.105. The number of hydrogen-bond acceptors (Lipinski definition) is 5. The Hall–Kier alpha value is -2.93. The van der Waals surface area contributed by atoms with Crippen LogP contribution in [0.1, 0.15) is 11.4 Å². The highest BCUT2D eigenvalue weighted by molar-refractivity contribution is 7.98. The Labute approximate surface area is 153 Å². The third-order valence-electron chi connectivity index (χ3n) is 3.87. The predicted octanol–water partition coefficient (Wildman–Crippen LogP) is 4.66. The Morgan fingerprint density at radius 3 is 2.73 bits per heavy atom. The van der Waals surface area contributed by atoms with Crippen LogP contribution in [0.15, 0.2) is 70.6 Å². The molecule has 4 rings (SSSR count). The van der Waals surface area contributed by atoms with E-state index in [-0.39, 0.29) is 5.82 Å². The molecule has 2 heterocycles. The Morgan fingerprint density at radius 1 is 1.12 bits per heavy atom. The van der Waals surface area contributed by atoms with E-state index in [9.17, 15) is 4.39 Å². The summed E-state index contributed by atoms with van der Waals surface area (Å²) in [5.74, 6) is 1.16. The van der Waals surface area contributed by atoms with Gasteiger partial charge in [-0.15, -0.1) is 0 Å². The van der Waals surface area contributed by atoms with Crippen LogP contribution in [0.4, 0.5) is 4.39 Å².